The fourth-order valence-corrected chi connectivity index (χ4v) is 4.47. The van der Waals surface area contributed by atoms with Gasteiger partial charge in [0.15, 0.2) is 0 Å². The number of carbonyl (C=O) groups is 2. The third-order valence-corrected chi connectivity index (χ3v) is 6.39. The SMILES string of the molecule is CC(C)C[C@H](C(=O)NC[C@@H]1CCCO1)N(C(=O)Cn1nnc(-c2ccc(F)cc2)n1)c1cccc(C(F)(F)F)c1. The Morgan fingerprint density at radius 1 is 1.18 bits per heavy atom. The molecule has 0 spiro atoms. The van der Waals surface area contributed by atoms with Crippen LogP contribution in [0.5, 0.6) is 0 Å². The molecule has 1 saturated heterocycles. The number of nitrogens with one attached hydrogen (secondary N) is 1. The molecule has 40 heavy (non-hydrogen) atoms. The number of ether oxygens (including phenoxy) is 1. The number of carbonyl (C=O) groups excluding carboxylic acids is 2. The van der Waals surface area contributed by atoms with Crippen molar-refractivity contribution in [3.63, 3.8) is 0 Å². The van der Waals surface area contributed by atoms with Gasteiger partial charge in [0.25, 0.3) is 5.91 Å². The topological polar surface area (TPSA) is 102 Å². The summed E-state index contributed by atoms with van der Waals surface area (Å²) < 4.78 is 59.6. The molecule has 0 radical (unpaired) electrons. The van der Waals surface area contributed by atoms with Gasteiger partial charge in [0.05, 0.1) is 11.7 Å². The van der Waals surface area contributed by atoms with E-state index in [1.165, 1.54) is 36.4 Å². The Balaban J connectivity index is 1.65. The van der Waals surface area contributed by atoms with Gasteiger partial charge >= 0.3 is 6.18 Å². The van der Waals surface area contributed by atoms with Gasteiger partial charge in [-0.2, -0.15) is 18.0 Å². The van der Waals surface area contributed by atoms with Crippen LogP contribution in [0, 0.1) is 11.7 Å². The van der Waals surface area contributed by atoms with Crippen molar-refractivity contribution in [2.24, 2.45) is 5.92 Å². The summed E-state index contributed by atoms with van der Waals surface area (Å²) in [6.45, 7) is 4.02. The third kappa shape index (κ3) is 7.40. The molecule has 214 valence electrons. The number of nitrogens with zero attached hydrogens (tertiary/aromatic N) is 5. The Hall–Kier alpha value is -3.87. The van der Waals surface area contributed by atoms with E-state index in [2.05, 4.69) is 20.7 Å². The monoisotopic (exact) mass is 562 g/mol. The first kappa shape index (κ1) is 29.1. The van der Waals surface area contributed by atoms with Crippen LogP contribution in [0.1, 0.15) is 38.7 Å². The molecular formula is C27H30F4N6O3. The second-order valence-electron chi connectivity index (χ2n) is 9.99. The molecule has 2 heterocycles. The number of benzene rings is 2. The first-order valence-corrected chi connectivity index (χ1v) is 12.9. The van der Waals surface area contributed by atoms with Crippen molar-refractivity contribution in [3.8, 4) is 11.4 Å². The maximum absolute atomic E-state index is 13.7. The van der Waals surface area contributed by atoms with Crippen molar-refractivity contribution in [2.75, 3.05) is 18.1 Å². The van der Waals surface area contributed by atoms with Crippen molar-refractivity contribution < 1.29 is 31.9 Å². The lowest BCUT2D eigenvalue weighted by molar-refractivity contribution is -0.137. The Kier molecular flexibility index (Phi) is 9.13. The zero-order chi connectivity index (χ0) is 28.9. The van der Waals surface area contributed by atoms with Gasteiger partial charge in [0, 0.05) is 24.4 Å². The van der Waals surface area contributed by atoms with Crippen LogP contribution in [0.4, 0.5) is 23.2 Å². The van der Waals surface area contributed by atoms with Crippen LogP contribution in [0.25, 0.3) is 11.4 Å². The number of alkyl halides is 3. The van der Waals surface area contributed by atoms with E-state index in [1.807, 2.05) is 13.8 Å². The summed E-state index contributed by atoms with van der Waals surface area (Å²) in [7, 11) is 0. The quantitative estimate of drug-likeness (QED) is 0.371. The average Bonchev–Trinajstić information content (AvgIpc) is 3.59. The van der Waals surface area contributed by atoms with Gasteiger partial charge in [-0.15, -0.1) is 10.2 Å². The minimum Gasteiger partial charge on any atom is -0.376 e. The standard InChI is InChI=1S/C27H30F4N6O3/c1-17(2)13-23(26(39)32-15-22-7-4-12-40-22)37(21-6-3-5-19(14-21)27(29,30)31)24(38)16-36-34-25(33-35-36)18-8-10-20(28)11-9-18/h3,5-6,8-11,14,17,22-23H,4,7,12-13,15-16H2,1-2H3,(H,32,39)/t22-,23+/m0/s1. The van der Waals surface area contributed by atoms with Crippen LogP contribution in [0.2, 0.25) is 0 Å². The van der Waals surface area contributed by atoms with E-state index in [9.17, 15) is 27.2 Å². The number of aromatic nitrogens is 4. The lowest BCUT2D eigenvalue weighted by atomic mass is 10.00. The summed E-state index contributed by atoms with van der Waals surface area (Å²) in [6, 6.07) is 8.52. The van der Waals surface area contributed by atoms with Crippen molar-refractivity contribution >= 4 is 17.5 Å². The van der Waals surface area contributed by atoms with Crippen LogP contribution >= 0.6 is 0 Å². The van der Waals surface area contributed by atoms with Crippen LogP contribution in [0.15, 0.2) is 48.5 Å². The summed E-state index contributed by atoms with van der Waals surface area (Å²) >= 11 is 0. The first-order valence-electron chi connectivity index (χ1n) is 12.9. The highest BCUT2D eigenvalue weighted by Gasteiger charge is 2.36. The highest BCUT2D eigenvalue weighted by molar-refractivity contribution is 6.00. The Morgan fingerprint density at radius 3 is 2.58 bits per heavy atom. The highest BCUT2D eigenvalue weighted by Crippen LogP contribution is 2.33. The van der Waals surface area contributed by atoms with Gasteiger partial charge in [-0.25, -0.2) is 4.39 Å². The van der Waals surface area contributed by atoms with E-state index < -0.39 is 42.0 Å². The minimum atomic E-state index is -4.65. The van der Waals surface area contributed by atoms with E-state index in [0.29, 0.717) is 12.2 Å². The molecule has 0 unspecified atom stereocenters. The van der Waals surface area contributed by atoms with Gasteiger partial charge in [-0.3, -0.25) is 14.5 Å². The maximum atomic E-state index is 13.7. The Morgan fingerprint density at radius 2 is 1.93 bits per heavy atom. The smallest absolute Gasteiger partial charge is 0.376 e. The molecule has 9 nitrogen and oxygen atoms in total. The number of hydrogen-bond donors (Lipinski definition) is 1. The fourth-order valence-electron chi connectivity index (χ4n) is 4.47. The van der Waals surface area contributed by atoms with E-state index >= 15 is 0 Å². The molecule has 1 fully saturated rings. The Labute approximate surface area is 228 Å². The maximum Gasteiger partial charge on any atom is 0.416 e. The number of halogens is 4. The molecule has 3 aromatic rings. The molecular weight excluding hydrogens is 532 g/mol. The molecule has 4 rings (SSSR count). The summed E-state index contributed by atoms with van der Waals surface area (Å²) in [6.07, 6.45) is -2.98. The minimum absolute atomic E-state index is 0.0749. The number of hydrogen-bond acceptors (Lipinski definition) is 6. The second-order valence-corrected chi connectivity index (χ2v) is 9.99. The molecule has 1 aliphatic heterocycles. The molecule has 0 bridgehead atoms. The summed E-state index contributed by atoms with van der Waals surface area (Å²) in [5, 5.41) is 14.8. The fraction of sp³-hybridized carbons (Fsp3) is 0.444. The van der Waals surface area contributed by atoms with E-state index in [-0.39, 0.29) is 36.5 Å². The van der Waals surface area contributed by atoms with Gasteiger partial charge < -0.3 is 10.1 Å². The van der Waals surface area contributed by atoms with Crippen LogP contribution in [0.3, 0.4) is 0 Å². The zero-order valence-electron chi connectivity index (χ0n) is 22.1. The average molecular weight is 563 g/mol. The van der Waals surface area contributed by atoms with Gasteiger partial charge in [0.1, 0.15) is 18.4 Å². The van der Waals surface area contributed by atoms with Crippen molar-refractivity contribution in [1.29, 1.82) is 0 Å². The van der Waals surface area contributed by atoms with E-state index in [4.69, 9.17) is 4.74 Å². The van der Waals surface area contributed by atoms with Gasteiger partial charge in [-0.1, -0.05) is 19.9 Å². The number of tetrazole rings is 1. The van der Waals surface area contributed by atoms with Crippen LogP contribution < -0.4 is 10.2 Å². The van der Waals surface area contributed by atoms with Crippen LogP contribution in [-0.2, 0) is 27.0 Å². The zero-order valence-corrected chi connectivity index (χ0v) is 22.1. The predicted octanol–water partition coefficient (Wildman–Crippen LogP) is 4.24. The molecule has 1 aliphatic rings. The molecule has 2 atom stereocenters. The van der Waals surface area contributed by atoms with Crippen molar-refractivity contribution in [3.05, 3.63) is 59.9 Å². The molecule has 0 aliphatic carbocycles. The predicted molar refractivity (Wildman–Crippen MR) is 137 cm³/mol. The van der Waals surface area contributed by atoms with E-state index in [0.717, 1.165) is 34.7 Å². The van der Waals surface area contributed by atoms with Gasteiger partial charge in [0.2, 0.25) is 11.7 Å². The van der Waals surface area contributed by atoms with Crippen molar-refractivity contribution in [2.45, 2.75) is 58.0 Å². The number of rotatable bonds is 10. The lowest BCUT2D eigenvalue weighted by Gasteiger charge is -2.32. The molecule has 2 aromatic carbocycles. The normalized spacial score (nSPS) is 16.2. The summed E-state index contributed by atoms with van der Waals surface area (Å²) in [5.41, 5.74) is -0.582. The third-order valence-electron chi connectivity index (χ3n) is 6.39. The molecule has 1 N–H and O–H groups in total. The number of amides is 2. The summed E-state index contributed by atoms with van der Waals surface area (Å²) in [4.78, 5) is 29.2. The Bertz CT molecular complexity index is 1310. The largest absolute Gasteiger partial charge is 0.416 e. The highest BCUT2D eigenvalue weighted by atomic mass is 19.4. The molecule has 13 heteroatoms. The van der Waals surface area contributed by atoms with E-state index in [1.54, 1.807) is 0 Å². The second kappa shape index (κ2) is 12.5. The van der Waals surface area contributed by atoms with Crippen LogP contribution in [-0.4, -0.2) is 57.3 Å². The molecule has 2 amide bonds. The van der Waals surface area contributed by atoms with Gasteiger partial charge in [-0.05, 0) is 72.9 Å². The molecule has 1 aromatic heterocycles. The summed E-state index contributed by atoms with van der Waals surface area (Å²) in [5.74, 6) is -1.61. The van der Waals surface area contributed by atoms with Crippen molar-refractivity contribution in [1.82, 2.24) is 25.5 Å². The first-order chi connectivity index (χ1) is 19.0. The number of anilines is 1. The lowest BCUT2D eigenvalue weighted by Crippen LogP contribution is -2.52. The molecule has 0 saturated carbocycles.